The van der Waals surface area contributed by atoms with Crippen molar-refractivity contribution in [1.82, 2.24) is 10.1 Å². The van der Waals surface area contributed by atoms with E-state index < -0.39 is 6.09 Å². The summed E-state index contributed by atoms with van der Waals surface area (Å²) in [5, 5.41) is 14.3. The molecular formula is C22H18N4O4S. The van der Waals surface area contributed by atoms with Gasteiger partial charge in [0.15, 0.2) is 0 Å². The lowest BCUT2D eigenvalue weighted by atomic mass is 10.1. The Bertz CT molecular complexity index is 1210. The van der Waals surface area contributed by atoms with Gasteiger partial charge in [-0.1, -0.05) is 11.1 Å². The second kappa shape index (κ2) is 9.73. The number of terminal acetylenes is 1. The highest BCUT2D eigenvalue weighted by molar-refractivity contribution is 8.15. The Morgan fingerprint density at radius 1 is 1.26 bits per heavy atom. The van der Waals surface area contributed by atoms with E-state index in [1.54, 1.807) is 43.5 Å². The summed E-state index contributed by atoms with van der Waals surface area (Å²) < 4.78 is 9.66. The van der Waals surface area contributed by atoms with Crippen LogP contribution in [0.25, 0.3) is 11.4 Å². The number of methoxy groups -OCH3 is 1. The van der Waals surface area contributed by atoms with Gasteiger partial charge in [-0.15, -0.1) is 18.2 Å². The highest BCUT2D eigenvalue weighted by atomic mass is 32.2. The Balaban J connectivity index is 2.10. The molecule has 0 saturated carbocycles. The van der Waals surface area contributed by atoms with Gasteiger partial charge in [-0.3, -0.25) is 0 Å². The van der Waals surface area contributed by atoms with Crippen molar-refractivity contribution in [3.63, 3.8) is 0 Å². The minimum absolute atomic E-state index is 0.0282. The largest absolute Gasteiger partial charge is 0.508 e. The van der Waals surface area contributed by atoms with Crippen LogP contribution in [0.1, 0.15) is 17.0 Å². The number of aliphatic imine (C=N–C) groups is 2. The number of hydrogen-bond donors (Lipinski definition) is 1. The number of aromatic nitrogens is 2. The summed E-state index contributed by atoms with van der Waals surface area (Å²) in [5.74, 6) is 3.40. The van der Waals surface area contributed by atoms with E-state index in [0.717, 1.165) is 5.56 Å². The first-order valence-corrected chi connectivity index (χ1v) is 10.2. The van der Waals surface area contributed by atoms with Gasteiger partial charge in [0.05, 0.1) is 12.8 Å². The van der Waals surface area contributed by atoms with Crippen LogP contribution in [0.3, 0.4) is 0 Å². The number of aryl methyl sites for hydroxylation is 1. The fourth-order valence-corrected chi connectivity index (χ4v) is 3.14. The van der Waals surface area contributed by atoms with E-state index in [2.05, 4.69) is 30.8 Å². The number of rotatable bonds is 4. The molecule has 3 aromatic rings. The molecule has 1 aromatic heterocycles. The van der Waals surface area contributed by atoms with Crippen molar-refractivity contribution in [2.45, 2.75) is 6.92 Å². The summed E-state index contributed by atoms with van der Waals surface area (Å²) in [5.41, 5.74) is 2.66. The molecule has 0 aliphatic carbocycles. The van der Waals surface area contributed by atoms with Gasteiger partial charge in [0.2, 0.25) is 11.7 Å². The average molecular weight is 434 g/mol. The van der Waals surface area contributed by atoms with Gasteiger partial charge >= 0.3 is 6.09 Å². The molecule has 31 heavy (non-hydrogen) atoms. The molecule has 3 rings (SSSR count). The zero-order valence-corrected chi connectivity index (χ0v) is 17.8. The molecule has 0 bridgehead atoms. The highest BCUT2D eigenvalue weighted by Gasteiger charge is 2.16. The number of carbonyl (C=O) groups is 1. The summed E-state index contributed by atoms with van der Waals surface area (Å²) in [6.45, 7) is 1.71. The van der Waals surface area contributed by atoms with Crippen molar-refractivity contribution >= 4 is 34.3 Å². The number of amides is 1. The third-order valence-electron chi connectivity index (χ3n) is 4.02. The smallest absolute Gasteiger partial charge is 0.434 e. The van der Waals surface area contributed by atoms with Gasteiger partial charge in [-0.25, -0.2) is 9.79 Å². The quantitative estimate of drug-likeness (QED) is 0.368. The molecule has 156 valence electrons. The molecule has 0 atom stereocenters. The fourth-order valence-electron chi connectivity index (χ4n) is 2.62. The zero-order valence-electron chi connectivity index (χ0n) is 17.0. The summed E-state index contributed by atoms with van der Waals surface area (Å²) in [6.07, 6.45) is 6.48. The predicted molar refractivity (Wildman–Crippen MR) is 120 cm³/mol. The monoisotopic (exact) mass is 434 g/mol. The average Bonchev–Trinajstić information content (AvgIpc) is 3.22. The van der Waals surface area contributed by atoms with Crippen LogP contribution in [0.2, 0.25) is 0 Å². The molecule has 0 radical (unpaired) electrons. The molecule has 0 aliphatic heterocycles. The maximum atomic E-state index is 11.8. The van der Waals surface area contributed by atoms with Crippen LogP contribution >= 0.6 is 11.8 Å². The third-order valence-corrected chi connectivity index (χ3v) is 4.69. The normalized spacial score (nSPS) is 11.8. The molecular weight excluding hydrogens is 416 g/mol. The number of ether oxygens (including phenoxy) is 1. The van der Waals surface area contributed by atoms with E-state index >= 15 is 0 Å². The molecule has 1 amide bonds. The number of benzene rings is 2. The second-order valence-corrected chi connectivity index (χ2v) is 6.94. The van der Waals surface area contributed by atoms with Gasteiger partial charge in [-0.2, -0.15) is 9.98 Å². The number of hydrogen-bond acceptors (Lipinski definition) is 8. The standard InChI is InChI=1S/C22H18N4O4S/c1-5-14-10-16(12-18(27)11-14)19(21(31-4)25-22(28)29-3)24-17-8-6-15(7-9-17)20-23-13(2)30-26-20/h1,6-12,27H,2-4H3/b24-19+,25-21-. The first-order valence-electron chi connectivity index (χ1n) is 8.95. The summed E-state index contributed by atoms with van der Waals surface area (Å²) >= 11 is 1.21. The molecule has 1 heterocycles. The Kier molecular flexibility index (Phi) is 6.85. The van der Waals surface area contributed by atoms with Crippen molar-refractivity contribution in [3.8, 4) is 29.5 Å². The summed E-state index contributed by atoms with van der Waals surface area (Å²) in [7, 11) is 1.24. The predicted octanol–water partition coefficient (Wildman–Crippen LogP) is 4.38. The molecule has 0 aliphatic rings. The molecule has 1 N–H and O–H groups in total. The van der Waals surface area contributed by atoms with E-state index in [-0.39, 0.29) is 5.75 Å². The van der Waals surface area contributed by atoms with Crippen molar-refractivity contribution < 1.29 is 19.2 Å². The van der Waals surface area contributed by atoms with Crippen LogP contribution in [0.4, 0.5) is 10.5 Å². The number of thioether (sulfide) groups is 1. The second-order valence-electron chi connectivity index (χ2n) is 6.15. The zero-order chi connectivity index (χ0) is 22.4. The molecule has 9 heteroatoms. The molecule has 2 aromatic carbocycles. The maximum Gasteiger partial charge on any atom is 0.434 e. The summed E-state index contributed by atoms with van der Waals surface area (Å²) in [6, 6.07) is 11.8. The minimum Gasteiger partial charge on any atom is -0.508 e. The minimum atomic E-state index is -0.766. The van der Waals surface area contributed by atoms with Gasteiger partial charge < -0.3 is 14.4 Å². The number of nitrogens with zero attached hydrogens (tertiary/aromatic N) is 4. The van der Waals surface area contributed by atoms with Crippen molar-refractivity contribution in [3.05, 3.63) is 59.5 Å². The van der Waals surface area contributed by atoms with Gasteiger partial charge in [0.1, 0.15) is 16.5 Å². The van der Waals surface area contributed by atoms with E-state index in [0.29, 0.717) is 39.3 Å². The van der Waals surface area contributed by atoms with Crippen LogP contribution in [0.5, 0.6) is 5.75 Å². The fraction of sp³-hybridized carbons (Fsp3) is 0.136. The third kappa shape index (κ3) is 5.38. The topological polar surface area (TPSA) is 110 Å². The summed E-state index contributed by atoms with van der Waals surface area (Å²) in [4.78, 5) is 24.6. The van der Waals surface area contributed by atoms with Crippen molar-refractivity contribution in [1.29, 1.82) is 0 Å². The Morgan fingerprint density at radius 2 is 2.00 bits per heavy atom. The lowest BCUT2D eigenvalue weighted by Gasteiger charge is -2.10. The number of carbonyl (C=O) groups excluding carboxylic acids is 1. The van der Waals surface area contributed by atoms with Gasteiger partial charge in [0, 0.05) is 23.6 Å². The molecule has 0 saturated heterocycles. The molecule has 0 spiro atoms. The Hall–Kier alpha value is -3.90. The molecule has 0 unspecified atom stereocenters. The Labute approximate surface area is 183 Å². The van der Waals surface area contributed by atoms with Gasteiger partial charge in [-0.05, 0) is 48.7 Å². The molecule has 0 fully saturated rings. The van der Waals surface area contributed by atoms with Crippen LogP contribution in [-0.2, 0) is 4.74 Å². The van der Waals surface area contributed by atoms with Gasteiger partial charge in [0.25, 0.3) is 0 Å². The van der Waals surface area contributed by atoms with E-state index in [9.17, 15) is 9.90 Å². The van der Waals surface area contributed by atoms with E-state index in [1.165, 1.54) is 31.0 Å². The number of aromatic hydroxyl groups is 1. The van der Waals surface area contributed by atoms with E-state index in [1.807, 2.05) is 0 Å². The lowest BCUT2D eigenvalue weighted by Crippen LogP contribution is -2.14. The SMILES string of the molecule is C#Cc1cc(O)cc(C(=N\c2ccc(-c3noc(C)n3)cc2)/C(=N/C(=O)OC)SC)c1. The van der Waals surface area contributed by atoms with Crippen molar-refractivity contribution in [2.75, 3.05) is 13.4 Å². The highest BCUT2D eigenvalue weighted by Crippen LogP contribution is 2.24. The first kappa shape index (κ1) is 21.8. The number of phenols is 1. The first-order chi connectivity index (χ1) is 14.9. The van der Waals surface area contributed by atoms with Crippen LogP contribution < -0.4 is 0 Å². The number of phenolic OH excluding ortho intramolecular Hbond substituents is 1. The lowest BCUT2D eigenvalue weighted by molar-refractivity contribution is 0.183. The van der Waals surface area contributed by atoms with Crippen LogP contribution in [-0.4, -0.2) is 45.5 Å². The molecule has 8 nitrogen and oxygen atoms in total. The van der Waals surface area contributed by atoms with Crippen LogP contribution in [0.15, 0.2) is 57.0 Å². The Morgan fingerprint density at radius 3 is 2.58 bits per heavy atom. The van der Waals surface area contributed by atoms with Crippen molar-refractivity contribution in [2.24, 2.45) is 9.98 Å². The maximum absolute atomic E-state index is 11.8. The van der Waals surface area contributed by atoms with E-state index in [4.69, 9.17) is 10.9 Å². The van der Waals surface area contributed by atoms with Crippen LogP contribution in [0, 0.1) is 19.3 Å².